The van der Waals surface area contributed by atoms with Gasteiger partial charge in [-0.2, -0.15) is 0 Å². The van der Waals surface area contributed by atoms with E-state index in [1.807, 2.05) is 66.7 Å². The summed E-state index contributed by atoms with van der Waals surface area (Å²) in [6.07, 6.45) is 0. The first kappa shape index (κ1) is 18.6. The first-order chi connectivity index (χ1) is 14.2. The molecule has 0 fully saturated rings. The van der Waals surface area contributed by atoms with Crippen LogP contribution in [0.25, 0.3) is 10.8 Å². The largest absolute Gasteiger partial charge is 0.508 e. The molecule has 29 heavy (non-hydrogen) atoms. The number of aromatic hydroxyl groups is 1. The summed E-state index contributed by atoms with van der Waals surface area (Å²) in [5.74, 6) is 0.362. The van der Waals surface area contributed by atoms with Crippen molar-refractivity contribution in [3.63, 3.8) is 0 Å². The summed E-state index contributed by atoms with van der Waals surface area (Å²) in [6.45, 7) is 0. The Labute approximate surface area is 169 Å². The molecule has 0 saturated carbocycles. The molecule has 2 N–H and O–H groups in total. The Balaban J connectivity index is 1.85. The molecule has 0 heterocycles. The number of nitrogens with one attached hydrogen (secondary N) is 1. The number of carbonyl (C=O) groups is 1. The summed E-state index contributed by atoms with van der Waals surface area (Å²) in [5, 5.41) is 15.7. The number of para-hydroxylation sites is 1. The van der Waals surface area contributed by atoms with E-state index in [9.17, 15) is 9.90 Å². The number of methoxy groups -OCH3 is 1. The minimum absolute atomic E-state index is 0.137. The van der Waals surface area contributed by atoms with E-state index < -0.39 is 6.04 Å². The van der Waals surface area contributed by atoms with Crippen molar-refractivity contribution in [2.45, 2.75) is 6.04 Å². The van der Waals surface area contributed by atoms with Crippen LogP contribution in [0.4, 0.5) is 0 Å². The molecule has 0 radical (unpaired) electrons. The fourth-order valence-electron chi connectivity index (χ4n) is 3.60. The molecule has 0 unspecified atom stereocenters. The van der Waals surface area contributed by atoms with Gasteiger partial charge in [0.1, 0.15) is 11.5 Å². The third-order valence-corrected chi connectivity index (χ3v) is 5.00. The Morgan fingerprint density at radius 1 is 0.862 bits per heavy atom. The fourth-order valence-corrected chi connectivity index (χ4v) is 3.60. The quantitative estimate of drug-likeness (QED) is 0.506. The molecule has 4 rings (SSSR count). The van der Waals surface area contributed by atoms with Crippen molar-refractivity contribution in [2.75, 3.05) is 7.11 Å². The number of fused-ring (bicyclic) bond motifs is 1. The molecule has 144 valence electrons. The van der Waals surface area contributed by atoms with Crippen LogP contribution in [-0.2, 0) is 0 Å². The summed E-state index contributed by atoms with van der Waals surface area (Å²) in [4.78, 5) is 13.2. The average Bonchev–Trinajstić information content (AvgIpc) is 2.78. The SMILES string of the molecule is COc1ccccc1C(=O)N[C@H](c1ccccc1)c1c(O)ccc2ccccc12. The first-order valence-corrected chi connectivity index (χ1v) is 9.38. The van der Waals surface area contributed by atoms with E-state index in [4.69, 9.17) is 4.74 Å². The van der Waals surface area contributed by atoms with Crippen LogP contribution in [0.1, 0.15) is 27.5 Å². The summed E-state index contributed by atoms with van der Waals surface area (Å²) in [7, 11) is 1.54. The highest BCUT2D eigenvalue weighted by Gasteiger charge is 2.24. The molecule has 4 nitrogen and oxygen atoms in total. The van der Waals surface area contributed by atoms with Crippen LogP contribution in [0.3, 0.4) is 0 Å². The molecule has 1 amide bonds. The second kappa shape index (κ2) is 8.07. The Kier molecular flexibility index (Phi) is 5.16. The maximum absolute atomic E-state index is 13.2. The molecular formula is C25H21NO3. The van der Waals surface area contributed by atoms with Gasteiger partial charge in [0.15, 0.2) is 0 Å². The van der Waals surface area contributed by atoms with Crippen LogP contribution >= 0.6 is 0 Å². The molecular weight excluding hydrogens is 362 g/mol. The Morgan fingerprint density at radius 2 is 1.55 bits per heavy atom. The third kappa shape index (κ3) is 3.65. The predicted molar refractivity (Wildman–Crippen MR) is 114 cm³/mol. The van der Waals surface area contributed by atoms with E-state index in [2.05, 4.69) is 5.32 Å². The van der Waals surface area contributed by atoms with Crippen molar-refractivity contribution in [2.24, 2.45) is 0 Å². The lowest BCUT2D eigenvalue weighted by atomic mass is 9.92. The zero-order valence-corrected chi connectivity index (χ0v) is 16.0. The van der Waals surface area contributed by atoms with Gasteiger partial charge in [-0.3, -0.25) is 4.79 Å². The molecule has 1 atom stereocenters. The number of ether oxygens (including phenoxy) is 1. The molecule has 0 aliphatic carbocycles. The zero-order valence-electron chi connectivity index (χ0n) is 16.0. The lowest BCUT2D eigenvalue weighted by Gasteiger charge is -2.23. The normalized spacial score (nSPS) is 11.8. The van der Waals surface area contributed by atoms with Crippen LogP contribution in [0.15, 0.2) is 91.0 Å². The summed E-state index contributed by atoms with van der Waals surface area (Å²) in [6, 6.07) is 27.6. The van der Waals surface area contributed by atoms with Crippen molar-refractivity contribution in [3.8, 4) is 11.5 Å². The minimum Gasteiger partial charge on any atom is -0.508 e. The van der Waals surface area contributed by atoms with Gasteiger partial charge >= 0.3 is 0 Å². The average molecular weight is 383 g/mol. The smallest absolute Gasteiger partial charge is 0.255 e. The lowest BCUT2D eigenvalue weighted by Crippen LogP contribution is -2.29. The monoisotopic (exact) mass is 383 g/mol. The van der Waals surface area contributed by atoms with Gasteiger partial charge < -0.3 is 15.2 Å². The van der Waals surface area contributed by atoms with E-state index in [1.54, 1.807) is 24.3 Å². The summed E-state index contributed by atoms with van der Waals surface area (Å²) in [5.41, 5.74) is 1.98. The maximum Gasteiger partial charge on any atom is 0.255 e. The van der Waals surface area contributed by atoms with Gasteiger partial charge in [-0.25, -0.2) is 0 Å². The van der Waals surface area contributed by atoms with Crippen LogP contribution in [-0.4, -0.2) is 18.1 Å². The highest BCUT2D eigenvalue weighted by molar-refractivity contribution is 5.98. The van der Waals surface area contributed by atoms with E-state index >= 15 is 0 Å². The van der Waals surface area contributed by atoms with Crippen molar-refractivity contribution in [1.82, 2.24) is 5.32 Å². The number of amides is 1. The van der Waals surface area contributed by atoms with Gasteiger partial charge in [0.25, 0.3) is 5.91 Å². The van der Waals surface area contributed by atoms with E-state index in [1.165, 1.54) is 7.11 Å². The second-order valence-corrected chi connectivity index (χ2v) is 6.74. The van der Waals surface area contributed by atoms with E-state index in [-0.39, 0.29) is 11.7 Å². The third-order valence-electron chi connectivity index (χ3n) is 5.00. The molecule has 4 aromatic rings. The standard InChI is InChI=1S/C25H21NO3/c1-29-22-14-8-7-13-20(22)25(28)26-24(18-10-3-2-4-11-18)23-19-12-6-5-9-17(19)15-16-21(23)27/h2-16,24,27H,1H3,(H,26,28)/t24-/m1/s1. The van der Waals surface area contributed by atoms with Gasteiger partial charge in [-0.15, -0.1) is 0 Å². The van der Waals surface area contributed by atoms with Crippen molar-refractivity contribution >= 4 is 16.7 Å². The highest BCUT2D eigenvalue weighted by atomic mass is 16.5. The van der Waals surface area contributed by atoms with Gasteiger partial charge in [0.2, 0.25) is 0 Å². The summed E-state index contributed by atoms with van der Waals surface area (Å²) < 4.78 is 5.34. The Morgan fingerprint density at radius 3 is 2.34 bits per heavy atom. The maximum atomic E-state index is 13.2. The molecule has 4 aromatic carbocycles. The lowest BCUT2D eigenvalue weighted by molar-refractivity contribution is 0.0940. The molecule has 0 aliphatic rings. The molecule has 0 saturated heterocycles. The number of phenolic OH excluding ortho intramolecular Hbond substituents is 1. The van der Waals surface area contributed by atoms with Crippen molar-refractivity contribution < 1.29 is 14.6 Å². The molecule has 0 aliphatic heterocycles. The zero-order chi connectivity index (χ0) is 20.2. The Bertz CT molecular complexity index is 1160. The molecule has 4 heteroatoms. The van der Waals surface area contributed by atoms with E-state index in [0.717, 1.165) is 16.3 Å². The number of hydrogen-bond donors (Lipinski definition) is 2. The minimum atomic E-state index is -0.528. The number of phenols is 1. The van der Waals surface area contributed by atoms with E-state index in [0.29, 0.717) is 16.9 Å². The number of benzene rings is 4. The first-order valence-electron chi connectivity index (χ1n) is 9.38. The summed E-state index contributed by atoms with van der Waals surface area (Å²) >= 11 is 0. The van der Waals surface area contributed by atoms with Crippen LogP contribution in [0, 0.1) is 0 Å². The topological polar surface area (TPSA) is 58.6 Å². The van der Waals surface area contributed by atoms with Crippen LogP contribution in [0.2, 0.25) is 0 Å². The molecule has 0 spiro atoms. The number of rotatable bonds is 5. The van der Waals surface area contributed by atoms with Crippen LogP contribution < -0.4 is 10.1 Å². The van der Waals surface area contributed by atoms with Crippen molar-refractivity contribution in [3.05, 3.63) is 108 Å². The fraction of sp³-hybridized carbons (Fsp3) is 0.0800. The van der Waals surface area contributed by atoms with Gasteiger partial charge in [-0.1, -0.05) is 72.8 Å². The molecule has 0 aromatic heterocycles. The number of hydrogen-bond acceptors (Lipinski definition) is 3. The number of carbonyl (C=O) groups excluding carboxylic acids is 1. The predicted octanol–water partition coefficient (Wildman–Crippen LogP) is 5.07. The van der Waals surface area contributed by atoms with Gasteiger partial charge in [-0.05, 0) is 34.5 Å². The van der Waals surface area contributed by atoms with Crippen molar-refractivity contribution in [1.29, 1.82) is 0 Å². The van der Waals surface area contributed by atoms with Gasteiger partial charge in [0.05, 0.1) is 18.7 Å². The highest BCUT2D eigenvalue weighted by Crippen LogP contribution is 2.36. The second-order valence-electron chi connectivity index (χ2n) is 6.74. The van der Waals surface area contributed by atoms with Crippen LogP contribution in [0.5, 0.6) is 11.5 Å². The Hall–Kier alpha value is -3.79. The molecule has 0 bridgehead atoms. The van der Waals surface area contributed by atoms with Gasteiger partial charge in [0, 0.05) is 5.56 Å².